The highest BCUT2D eigenvalue weighted by atomic mass is 16.3. The molecule has 0 atom stereocenters. The van der Waals surface area contributed by atoms with E-state index in [0.717, 1.165) is 63.0 Å². The molecule has 0 bridgehead atoms. The molecule has 1 saturated heterocycles. The molecule has 1 aromatic heterocycles. The number of carbonyl (C=O) groups is 2. The van der Waals surface area contributed by atoms with Crippen molar-refractivity contribution < 1.29 is 14.7 Å². The van der Waals surface area contributed by atoms with Gasteiger partial charge in [0.2, 0.25) is 0 Å². The number of nitrogens with one attached hydrogen (secondary N) is 2. The van der Waals surface area contributed by atoms with Crippen molar-refractivity contribution in [3.63, 3.8) is 0 Å². The van der Waals surface area contributed by atoms with E-state index < -0.39 is 0 Å². The first-order valence-corrected chi connectivity index (χ1v) is 9.35. The fourth-order valence-corrected chi connectivity index (χ4v) is 3.58. The first kappa shape index (κ1) is 19.7. The second-order valence-corrected chi connectivity index (χ2v) is 6.97. The van der Waals surface area contributed by atoms with Crippen molar-refractivity contribution in [1.82, 2.24) is 15.2 Å². The van der Waals surface area contributed by atoms with Crippen molar-refractivity contribution in [3.05, 3.63) is 22.5 Å². The molecule has 0 saturated carbocycles. The summed E-state index contributed by atoms with van der Waals surface area (Å²) in [5.74, 6) is -0.128. The molecule has 0 aromatic carbocycles. The third kappa shape index (κ3) is 5.16. The molecule has 0 aliphatic carbocycles. The van der Waals surface area contributed by atoms with Crippen LogP contribution in [0.2, 0.25) is 0 Å². The lowest BCUT2D eigenvalue weighted by Crippen LogP contribution is -2.37. The molecule has 0 unspecified atom stereocenters. The fraction of sp³-hybridized carbons (Fsp3) is 0.684. The quantitative estimate of drug-likeness (QED) is 0.495. The third-order valence-corrected chi connectivity index (χ3v) is 4.86. The number of H-pyrrole nitrogens is 1. The van der Waals surface area contributed by atoms with Crippen LogP contribution in [-0.4, -0.2) is 59.0 Å². The zero-order valence-electron chi connectivity index (χ0n) is 15.7. The van der Waals surface area contributed by atoms with Gasteiger partial charge in [-0.2, -0.15) is 0 Å². The van der Waals surface area contributed by atoms with Crippen LogP contribution in [0.4, 0.5) is 0 Å². The van der Waals surface area contributed by atoms with Crippen molar-refractivity contribution in [3.8, 4) is 0 Å². The summed E-state index contributed by atoms with van der Waals surface area (Å²) in [5.41, 5.74) is 2.81. The second-order valence-electron chi connectivity index (χ2n) is 6.97. The van der Waals surface area contributed by atoms with Crippen LogP contribution in [0.25, 0.3) is 0 Å². The van der Waals surface area contributed by atoms with Gasteiger partial charge < -0.3 is 20.3 Å². The summed E-state index contributed by atoms with van der Waals surface area (Å²) in [7, 11) is 0. The zero-order chi connectivity index (χ0) is 18.4. The van der Waals surface area contributed by atoms with E-state index in [-0.39, 0.29) is 17.8 Å². The van der Waals surface area contributed by atoms with Gasteiger partial charge >= 0.3 is 0 Å². The van der Waals surface area contributed by atoms with Gasteiger partial charge in [0.25, 0.3) is 5.91 Å². The normalized spacial score (nSPS) is 16.2. The van der Waals surface area contributed by atoms with Gasteiger partial charge in [0.05, 0.1) is 6.10 Å². The topological polar surface area (TPSA) is 85.4 Å². The average Bonchev–Trinajstić information content (AvgIpc) is 2.90. The number of hydrogen-bond donors (Lipinski definition) is 3. The molecule has 0 spiro atoms. The molecule has 1 aliphatic heterocycles. The molecule has 1 aromatic rings. The number of ketones is 1. The standard InChI is InChI=1S/C19H31N3O3/c1-4-6-16-17(14(3)23)13(2)21-18(16)19(25)20-9-5-10-22-11-7-15(24)8-12-22/h15,21,24H,4-12H2,1-3H3,(H,20,25). The van der Waals surface area contributed by atoms with Gasteiger partial charge in [0.1, 0.15) is 5.69 Å². The molecule has 1 aliphatic rings. The number of aliphatic hydroxyl groups is 1. The lowest BCUT2D eigenvalue weighted by Gasteiger charge is -2.29. The minimum Gasteiger partial charge on any atom is -0.393 e. The van der Waals surface area contributed by atoms with Crippen LogP contribution in [0, 0.1) is 6.92 Å². The second kappa shape index (κ2) is 9.15. The van der Waals surface area contributed by atoms with Crippen LogP contribution in [0.15, 0.2) is 0 Å². The van der Waals surface area contributed by atoms with E-state index in [2.05, 4.69) is 15.2 Å². The Morgan fingerprint density at radius 1 is 1.32 bits per heavy atom. The van der Waals surface area contributed by atoms with Gasteiger partial charge in [-0.05, 0) is 51.6 Å². The summed E-state index contributed by atoms with van der Waals surface area (Å²) in [4.78, 5) is 29.8. The molecular weight excluding hydrogens is 318 g/mol. The molecule has 1 fully saturated rings. The molecule has 6 heteroatoms. The van der Waals surface area contributed by atoms with E-state index in [1.807, 2.05) is 13.8 Å². The number of likely N-dealkylation sites (tertiary alicyclic amines) is 1. The largest absolute Gasteiger partial charge is 0.393 e. The summed E-state index contributed by atoms with van der Waals surface area (Å²) in [6.45, 7) is 8.82. The van der Waals surface area contributed by atoms with Crippen LogP contribution >= 0.6 is 0 Å². The third-order valence-electron chi connectivity index (χ3n) is 4.86. The number of carbonyl (C=O) groups excluding carboxylic acids is 2. The number of piperidine rings is 1. The number of hydrogen-bond acceptors (Lipinski definition) is 4. The van der Waals surface area contributed by atoms with E-state index >= 15 is 0 Å². The minimum absolute atomic E-state index is 0.00327. The maximum atomic E-state index is 12.5. The van der Waals surface area contributed by atoms with Crippen LogP contribution in [0.1, 0.15) is 71.6 Å². The number of rotatable bonds is 8. The first-order valence-electron chi connectivity index (χ1n) is 9.35. The first-order chi connectivity index (χ1) is 11.9. The van der Waals surface area contributed by atoms with Crippen LogP contribution in [-0.2, 0) is 6.42 Å². The number of nitrogens with zero attached hydrogens (tertiary/aromatic N) is 1. The molecule has 25 heavy (non-hydrogen) atoms. The van der Waals surface area contributed by atoms with Gasteiger partial charge in [0.15, 0.2) is 5.78 Å². The minimum atomic E-state index is -0.153. The van der Waals surface area contributed by atoms with Gasteiger partial charge in [-0.15, -0.1) is 0 Å². The zero-order valence-corrected chi connectivity index (χ0v) is 15.7. The molecule has 3 N–H and O–H groups in total. The van der Waals surface area contributed by atoms with Crippen LogP contribution in [0.5, 0.6) is 0 Å². The monoisotopic (exact) mass is 349 g/mol. The number of Topliss-reactive ketones (excluding diaryl/α,β-unsaturated/α-hetero) is 1. The van der Waals surface area contributed by atoms with E-state index in [0.29, 0.717) is 17.8 Å². The lowest BCUT2D eigenvalue weighted by molar-refractivity contribution is 0.0816. The number of aromatic amines is 1. The molecule has 2 heterocycles. The van der Waals surface area contributed by atoms with Gasteiger partial charge in [0, 0.05) is 30.9 Å². The lowest BCUT2D eigenvalue weighted by atomic mass is 10.0. The number of amides is 1. The molecule has 0 radical (unpaired) electrons. The van der Waals surface area contributed by atoms with Crippen molar-refractivity contribution in [2.45, 2.75) is 59.0 Å². The molecular formula is C19H31N3O3. The average molecular weight is 349 g/mol. The maximum Gasteiger partial charge on any atom is 0.268 e. The predicted molar refractivity (Wildman–Crippen MR) is 98.2 cm³/mol. The van der Waals surface area contributed by atoms with Crippen molar-refractivity contribution in [2.75, 3.05) is 26.2 Å². The van der Waals surface area contributed by atoms with Crippen molar-refractivity contribution in [2.24, 2.45) is 0 Å². The Morgan fingerprint density at radius 3 is 2.60 bits per heavy atom. The highest BCUT2D eigenvalue weighted by molar-refractivity contribution is 6.02. The molecule has 140 valence electrons. The summed E-state index contributed by atoms with van der Waals surface area (Å²) in [6.07, 6.45) is 4.01. The number of aliphatic hydroxyl groups excluding tert-OH is 1. The SMILES string of the molecule is CCCc1c(C(=O)NCCCN2CCC(O)CC2)[nH]c(C)c1C(C)=O. The Hall–Kier alpha value is -1.66. The predicted octanol–water partition coefficient (Wildman–Crippen LogP) is 2.05. The summed E-state index contributed by atoms with van der Waals surface area (Å²) >= 11 is 0. The van der Waals surface area contributed by atoms with Crippen LogP contribution < -0.4 is 5.32 Å². The molecule has 6 nitrogen and oxygen atoms in total. The maximum absolute atomic E-state index is 12.5. The van der Waals surface area contributed by atoms with E-state index in [1.165, 1.54) is 0 Å². The van der Waals surface area contributed by atoms with Crippen molar-refractivity contribution in [1.29, 1.82) is 0 Å². The van der Waals surface area contributed by atoms with Gasteiger partial charge in [-0.3, -0.25) is 9.59 Å². The summed E-state index contributed by atoms with van der Waals surface area (Å²) in [5, 5.41) is 12.5. The highest BCUT2D eigenvalue weighted by Crippen LogP contribution is 2.21. The Kier molecular flexibility index (Phi) is 7.20. The smallest absolute Gasteiger partial charge is 0.268 e. The van der Waals surface area contributed by atoms with Gasteiger partial charge in [-0.1, -0.05) is 13.3 Å². The van der Waals surface area contributed by atoms with E-state index in [1.54, 1.807) is 6.92 Å². The Morgan fingerprint density at radius 2 is 2.00 bits per heavy atom. The Labute approximate surface area is 150 Å². The van der Waals surface area contributed by atoms with Crippen molar-refractivity contribution >= 4 is 11.7 Å². The summed E-state index contributed by atoms with van der Waals surface area (Å²) < 4.78 is 0. The number of aryl methyl sites for hydroxylation is 1. The van der Waals surface area contributed by atoms with E-state index in [9.17, 15) is 14.7 Å². The van der Waals surface area contributed by atoms with E-state index in [4.69, 9.17) is 0 Å². The Bertz CT molecular complexity index is 601. The number of aromatic nitrogens is 1. The highest BCUT2D eigenvalue weighted by Gasteiger charge is 2.22. The molecule has 1 amide bonds. The molecule has 2 rings (SSSR count). The summed E-state index contributed by atoms with van der Waals surface area (Å²) in [6, 6.07) is 0. The Balaban J connectivity index is 1.88. The van der Waals surface area contributed by atoms with Gasteiger partial charge in [-0.25, -0.2) is 0 Å². The fourth-order valence-electron chi connectivity index (χ4n) is 3.58. The van der Waals surface area contributed by atoms with Crippen LogP contribution in [0.3, 0.4) is 0 Å².